The number of rotatable bonds is 4. The molecule has 1 aromatic carbocycles. The fraction of sp³-hybridized carbons (Fsp3) is 0.250. The van der Waals surface area contributed by atoms with E-state index in [-0.39, 0.29) is 10.6 Å². The maximum absolute atomic E-state index is 10.8. The minimum Gasteiger partial charge on any atom is -0.378 e. The monoisotopic (exact) mass is 341 g/mol. The summed E-state index contributed by atoms with van der Waals surface area (Å²) in [5, 5.41) is 17.0. The molecule has 0 aliphatic rings. The second-order valence-corrected chi connectivity index (χ2v) is 5.91. The van der Waals surface area contributed by atoms with Crippen LogP contribution in [0, 0.1) is 24.0 Å². The highest BCUT2D eigenvalue weighted by Gasteiger charge is 2.14. The number of halogens is 1. The molecule has 0 radical (unpaired) electrons. The highest BCUT2D eigenvalue weighted by molar-refractivity contribution is 9.10. The lowest BCUT2D eigenvalue weighted by Crippen LogP contribution is -2.01. The van der Waals surface area contributed by atoms with Gasteiger partial charge in [0.2, 0.25) is 0 Å². The number of thiazole rings is 1. The third-order valence-electron chi connectivity index (χ3n) is 2.58. The summed E-state index contributed by atoms with van der Waals surface area (Å²) in [5.74, 6) is 0. The third kappa shape index (κ3) is 3.30. The molecule has 1 aromatic heterocycles. The van der Waals surface area contributed by atoms with Crippen LogP contribution in [-0.2, 0) is 6.54 Å². The van der Waals surface area contributed by atoms with E-state index in [1.54, 1.807) is 24.3 Å². The predicted octanol–water partition coefficient (Wildman–Crippen LogP) is 4.04. The highest BCUT2D eigenvalue weighted by Crippen LogP contribution is 2.31. The Morgan fingerprint density at radius 2 is 2.21 bits per heavy atom. The minimum absolute atomic E-state index is 0.113. The summed E-state index contributed by atoms with van der Waals surface area (Å²) in [6, 6.07) is 3.29. The molecule has 0 aliphatic heterocycles. The van der Waals surface area contributed by atoms with Crippen molar-refractivity contribution in [2.45, 2.75) is 20.4 Å². The number of hydrogen-bond acceptors (Lipinski definition) is 5. The molecule has 2 rings (SSSR count). The van der Waals surface area contributed by atoms with Crippen LogP contribution >= 0.6 is 27.3 Å². The second kappa shape index (κ2) is 5.66. The molecule has 0 unspecified atom stereocenters. The van der Waals surface area contributed by atoms with Crippen molar-refractivity contribution in [3.8, 4) is 0 Å². The Morgan fingerprint density at radius 3 is 2.79 bits per heavy atom. The Labute approximate surface area is 123 Å². The number of hydrogen-bond donors (Lipinski definition) is 1. The molecular formula is C12H12BrN3O2S. The van der Waals surface area contributed by atoms with Gasteiger partial charge in [-0.05, 0) is 35.8 Å². The minimum atomic E-state index is -0.381. The van der Waals surface area contributed by atoms with Gasteiger partial charge in [0.25, 0.3) is 5.69 Å². The van der Waals surface area contributed by atoms with Gasteiger partial charge in [0, 0.05) is 32.9 Å². The molecule has 0 fully saturated rings. The Kier molecular flexibility index (Phi) is 4.16. The lowest BCUT2D eigenvalue weighted by Gasteiger charge is -2.08. The molecule has 0 spiro atoms. The van der Waals surface area contributed by atoms with Gasteiger partial charge in [0.05, 0.1) is 11.5 Å². The number of anilines is 1. The molecule has 0 bridgehead atoms. The van der Waals surface area contributed by atoms with Gasteiger partial charge in [-0.25, -0.2) is 4.98 Å². The summed E-state index contributed by atoms with van der Waals surface area (Å²) in [7, 11) is 0. The summed E-state index contributed by atoms with van der Waals surface area (Å²) in [6.45, 7) is 4.28. The molecular weight excluding hydrogens is 330 g/mol. The number of nitro groups is 1. The van der Waals surface area contributed by atoms with Crippen molar-refractivity contribution in [3.63, 3.8) is 0 Å². The average molecular weight is 342 g/mol. The van der Waals surface area contributed by atoms with Gasteiger partial charge >= 0.3 is 0 Å². The molecule has 1 heterocycles. The fourth-order valence-electron chi connectivity index (χ4n) is 1.66. The molecule has 2 aromatic rings. The molecule has 0 atom stereocenters. The van der Waals surface area contributed by atoms with Gasteiger partial charge < -0.3 is 5.32 Å². The van der Waals surface area contributed by atoms with E-state index in [4.69, 9.17) is 0 Å². The number of aryl methyl sites for hydroxylation is 2. The number of benzene rings is 1. The molecule has 7 heteroatoms. The smallest absolute Gasteiger partial charge is 0.273 e. The van der Waals surface area contributed by atoms with Crippen molar-refractivity contribution in [2.24, 2.45) is 0 Å². The Morgan fingerprint density at radius 1 is 1.47 bits per heavy atom. The summed E-state index contributed by atoms with van der Waals surface area (Å²) >= 11 is 4.93. The predicted molar refractivity (Wildman–Crippen MR) is 79.7 cm³/mol. The van der Waals surface area contributed by atoms with Gasteiger partial charge in [-0.3, -0.25) is 10.1 Å². The maximum atomic E-state index is 10.8. The number of aromatic nitrogens is 1. The van der Waals surface area contributed by atoms with Crippen LogP contribution in [-0.4, -0.2) is 9.91 Å². The lowest BCUT2D eigenvalue weighted by atomic mass is 10.2. The van der Waals surface area contributed by atoms with Gasteiger partial charge in [-0.1, -0.05) is 0 Å². The van der Waals surface area contributed by atoms with Crippen LogP contribution in [0.25, 0.3) is 0 Å². The van der Waals surface area contributed by atoms with E-state index in [1.165, 1.54) is 6.07 Å². The summed E-state index contributed by atoms with van der Waals surface area (Å²) in [6.07, 6.45) is 0. The van der Waals surface area contributed by atoms with E-state index in [0.717, 1.165) is 16.4 Å². The first-order valence-corrected chi connectivity index (χ1v) is 7.24. The third-order valence-corrected chi connectivity index (χ3v) is 4.20. The Bertz CT molecular complexity index is 627. The molecule has 0 amide bonds. The van der Waals surface area contributed by atoms with Crippen molar-refractivity contribution in [2.75, 3.05) is 5.32 Å². The van der Waals surface area contributed by atoms with Crippen LogP contribution in [0.15, 0.2) is 22.0 Å². The highest BCUT2D eigenvalue weighted by atomic mass is 79.9. The zero-order valence-electron chi connectivity index (χ0n) is 10.4. The molecule has 0 aliphatic carbocycles. The van der Waals surface area contributed by atoms with Crippen LogP contribution in [0.3, 0.4) is 0 Å². The quantitative estimate of drug-likeness (QED) is 0.672. The van der Waals surface area contributed by atoms with Crippen LogP contribution in [0.4, 0.5) is 11.4 Å². The normalized spacial score (nSPS) is 10.5. The summed E-state index contributed by atoms with van der Waals surface area (Å²) in [5.41, 5.74) is 2.57. The molecule has 100 valence electrons. The Balaban J connectivity index is 2.17. The van der Waals surface area contributed by atoms with E-state index >= 15 is 0 Å². The first-order valence-electron chi connectivity index (χ1n) is 5.57. The molecule has 0 saturated heterocycles. The SMILES string of the molecule is Cc1csc(CNc2cc(C)c([N+](=O)[O-])cc2Br)n1. The van der Waals surface area contributed by atoms with Crippen molar-refractivity contribution in [3.05, 3.63) is 48.4 Å². The van der Waals surface area contributed by atoms with Crippen molar-refractivity contribution >= 4 is 38.6 Å². The van der Waals surface area contributed by atoms with E-state index in [9.17, 15) is 10.1 Å². The maximum Gasteiger partial charge on any atom is 0.273 e. The van der Waals surface area contributed by atoms with Crippen LogP contribution < -0.4 is 5.32 Å². The summed E-state index contributed by atoms with van der Waals surface area (Å²) in [4.78, 5) is 14.8. The van der Waals surface area contributed by atoms with Crippen molar-refractivity contribution < 1.29 is 4.92 Å². The molecule has 0 saturated carbocycles. The zero-order chi connectivity index (χ0) is 14.0. The van der Waals surface area contributed by atoms with Crippen LogP contribution in [0.2, 0.25) is 0 Å². The van der Waals surface area contributed by atoms with Crippen LogP contribution in [0.5, 0.6) is 0 Å². The largest absolute Gasteiger partial charge is 0.378 e. The summed E-state index contributed by atoms with van der Waals surface area (Å²) < 4.78 is 0.679. The van der Waals surface area contributed by atoms with Crippen molar-refractivity contribution in [1.29, 1.82) is 0 Å². The van der Waals surface area contributed by atoms with E-state index in [2.05, 4.69) is 26.2 Å². The molecule has 1 N–H and O–H groups in total. The first kappa shape index (κ1) is 14.0. The van der Waals surface area contributed by atoms with E-state index < -0.39 is 0 Å². The van der Waals surface area contributed by atoms with Gasteiger partial charge in [0.1, 0.15) is 5.01 Å². The second-order valence-electron chi connectivity index (χ2n) is 4.11. The van der Waals surface area contributed by atoms with Gasteiger partial charge in [-0.2, -0.15) is 0 Å². The van der Waals surface area contributed by atoms with Crippen molar-refractivity contribution in [1.82, 2.24) is 4.98 Å². The fourth-order valence-corrected chi connectivity index (χ4v) is 2.84. The topological polar surface area (TPSA) is 68.1 Å². The first-order chi connectivity index (χ1) is 8.97. The standard InChI is InChI=1S/C12H12BrN3O2S/c1-7-3-10(9(13)4-11(7)16(17)18)14-5-12-15-8(2)6-19-12/h3-4,6,14H,5H2,1-2H3. The molecule has 19 heavy (non-hydrogen) atoms. The average Bonchev–Trinajstić information content (AvgIpc) is 2.75. The van der Waals surface area contributed by atoms with E-state index in [1.807, 2.05) is 12.3 Å². The van der Waals surface area contributed by atoms with E-state index in [0.29, 0.717) is 16.6 Å². The van der Waals surface area contributed by atoms with Crippen LogP contribution in [0.1, 0.15) is 16.3 Å². The van der Waals surface area contributed by atoms with Gasteiger partial charge in [-0.15, -0.1) is 11.3 Å². The number of nitrogens with one attached hydrogen (secondary N) is 1. The lowest BCUT2D eigenvalue weighted by molar-refractivity contribution is -0.385. The van der Waals surface area contributed by atoms with Gasteiger partial charge in [0.15, 0.2) is 0 Å². The number of nitrogens with zero attached hydrogens (tertiary/aromatic N) is 2. The Hall–Kier alpha value is -1.47. The number of nitro benzene ring substituents is 1. The zero-order valence-corrected chi connectivity index (χ0v) is 12.8. The molecule has 5 nitrogen and oxygen atoms in total.